The highest BCUT2D eigenvalue weighted by atomic mass is 31.2. The number of rotatable bonds is 7. The first kappa shape index (κ1) is 15.4. The van der Waals surface area contributed by atoms with Gasteiger partial charge in [0.05, 0.1) is 13.2 Å². The van der Waals surface area contributed by atoms with Crippen LogP contribution in [0.3, 0.4) is 0 Å². The van der Waals surface area contributed by atoms with E-state index in [0.29, 0.717) is 0 Å². The van der Waals surface area contributed by atoms with Gasteiger partial charge in [0.2, 0.25) is 5.85 Å². The van der Waals surface area contributed by atoms with Crippen LogP contribution < -0.4 is 0 Å². The lowest BCUT2D eigenvalue weighted by Crippen LogP contribution is -2.17. The van der Waals surface area contributed by atoms with E-state index >= 15 is 0 Å². The van der Waals surface area contributed by atoms with E-state index in [4.69, 9.17) is 13.8 Å². The van der Waals surface area contributed by atoms with Crippen molar-refractivity contribution < 1.29 is 23.1 Å². The minimum Gasteiger partial charge on any atom is -0.445 e. The Morgan fingerprint density at radius 3 is 2.12 bits per heavy atom. The first-order valence-corrected chi connectivity index (χ1v) is 6.80. The molecule has 0 fully saturated rings. The Morgan fingerprint density at radius 1 is 1.31 bits per heavy atom. The van der Waals surface area contributed by atoms with Crippen LogP contribution in [0.1, 0.15) is 27.7 Å². The summed E-state index contributed by atoms with van der Waals surface area (Å²) in [7, 11) is -3.43. The summed E-state index contributed by atoms with van der Waals surface area (Å²) in [4.78, 5) is 10.9. The molecule has 0 amide bonds. The molecule has 0 spiro atoms. The number of carbonyl (C=O) groups excluding carboxylic acids is 1. The standard InChI is InChI=1S/C10H19O5P/c1-5-8-10(15-9(4)11)16(12,13-6-2)14-7-3/h5,8,10H,6-7H2,1-4H3/b8-5+. The molecule has 5 nitrogen and oxygen atoms in total. The largest absolute Gasteiger partial charge is 0.445 e. The van der Waals surface area contributed by atoms with Gasteiger partial charge in [0, 0.05) is 6.92 Å². The van der Waals surface area contributed by atoms with Crippen molar-refractivity contribution in [3.63, 3.8) is 0 Å². The number of allylic oxidation sites excluding steroid dienone is 1. The quantitative estimate of drug-likeness (QED) is 0.395. The van der Waals surface area contributed by atoms with Crippen LogP contribution in [0.4, 0.5) is 0 Å². The van der Waals surface area contributed by atoms with Gasteiger partial charge in [0.1, 0.15) is 0 Å². The van der Waals surface area contributed by atoms with Crippen molar-refractivity contribution in [2.75, 3.05) is 13.2 Å². The van der Waals surface area contributed by atoms with Crippen LogP contribution in [0, 0.1) is 0 Å². The van der Waals surface area contributed by atoms with Crippen LogP contribution in [0.25, 0.3) is 0 Å². The number of carbonyl (C=O) groups is 1. The van der Waals surface area contributed by atoms with Crippen molar-refractivity contribution in [2.45, 2.75) is 33.5 Å². The molecule has 0 aliphatic carbocycles. The number of hydrogen-bond donors (Lipinski definition) is 0. The normalized spacial score (nSPS) is 14.0. The van der Waals surface area contributed by atoms with Gasteiger partial charge in [0.15, 0.2) is 0 Å². The molecule has 1 atom stereocenters. The minimum absolute atomic E-state index is 0.229. The van der Waals surface area contributed by atoms with Crippen LogP contribution >= 0.6 is 7.60 Å². The zero-order valence-electron chi connectivity index (χ0n) is 10.1. The fraction of sp³-hybridized carbons (Fsp3) is 0.700. The second-order valence-corrected chi connectivity index (χ2v) is 5.01. The molecule has 0 aromatic carbocycles. The molecule has 1 unspecified atom stereocenters. The van der Waals surface area contributed by atoms with Gasteiger partial charge in [-0.2, -0.15) is 0 Å². The van der Waals surface area contributed by atoms with Crippen LogP contribution in [0.2, 0.25) is 0 Å². The summed E-state index contributed by atoms with van der Waals surface area (Å²) in [5, 5.41) is 0. The molecule has 0 radical (unpaired) electrons. The van der Waals surface area contributed by atoms with Crippen molar-refractivity contribution in [3.8, 4) is 0 Å². The molecule has 0 saturated heterocycles. The molecule has 0 aromatic rings. The van der Waals surface area contributed by atoms with Crippen LogP contribution in [0.15, 0.2) is 12.2 Å². The third kappa shape index (κ3) is 4.92. The van der Waals surface area contributed by atoms with Gasteiger partial charge in [-0.3, -0.25) is 9.36 Å². The van der Waals surface area contributed by atoms with E-state index in [-0.39, 0.29) is 13.2 Å². The van der Waals surface area contributed by atoms with Gasteiger partial charge in [-0.1, -0.05) is 6.08 Å². The summed E-state index contributed by atoms with van der Waals surface area (Å²) in [6, 6.07) is 0. The SMILES string of the molecule is C/C=C/C(OC(C)=O)P(=O)(OCC)OCC. The molecular formula is C10H19O5P. The zero-order valence-corrected chi connectivity index (χ0v) is 11.0. The van der Waals surface area contributed by atoms with Gasteiger partial charge in [-0.15, -0.1) is 0 Å². The number of esters is 1. The second-order valence-electron chi connectivity index (χ2n) is 2.90. The third-order valence-corrected chi connectivity index (χ3v) is 3.71. The Labute approximate surface area is 96.3 Å². The smallest absolute Gasteiger partial charge is 0.374 e. The Balaban J connectivity index is 4.92. The molecule has 0 aliphatic rings. The predicted molar refractivity (Wildman–Crippen MR) is 61.2 cm³/mol. The van der Waals surface area contributed by atoms with E-state index in [0.717, 1.165) is 0 Å². The van der Waals surface area contributed by atoms with E-state index < -0.39 is 19.4 Å². The first-order chi connectivity index (χ1) is 7.50. The van der Waals surface area contributed by atoms with Crippen molar-refractivity contribution >= 4 is 13.6 Å². The maximum Gasteiger partial charge on any atom is 0.374 e. The van der Waals surface area contributed by atoms with Crippen LogP contribution in [-0.4, -0.2) is 25.0 Å². The predicted octanol–water partition coefficient (Wildman–Crippen LogP) is 2.72. The monoisotopic (exact) mass is 250 g/mol. The van der Waals surface area contributed by atoms with Crippen molar-refractivity contribution in [3.05, 3.63) is 12.2 Å². The van der Waals surface area contributed by atoms with Gasteiger partial charge in [-0.25, -0.2) is 0 Å². The lowest BCUT2D eigenvalue weighted by atomic mass is 10.5. The molecule has 6 heteroatoms. The van der Waals surface area contributed by atoms with E-state index in [1.165, 1.54) is 13.0 Å². The summed E-state index contributed by atoms with van der Waals surface area (Å²) >= 11 is 0. The fourth-order valence-corrected chi connectivity index (χ4v) is 2.84. The summed E-state index contributed by atoms with van der Waals surface area (Å²) in [6.45, 7) is 6.84. The molecular weight excluding hydrogens is 231 g/mol. The van der Waals surface area contributed by atoms with Gasteiger partial charge in [-0.05, 0) is 26.8 Å². The molecule has 0 aromatic heterocycles. The summed E-state index contributed by atoms with van der Waals surface area (Å²) < 4.78 is 27.4. The highest BCUT2D eigenvalue weighted by Gasteiger charge is 2.36. The average molecular weight is 250 g/mol. The lowest BCUT2D eigenvalue weighted by Gasteiger charge is -2.23. The summed E-state index contributed by atoms with van der Waals surface area (Å²) in [5.74, 6) is -1.50. The number of hydrogen-bond acceptors (Lipinski definition) is 5. The molecule has 0 N–H and O–H groups in total. The van der Waals surface area contributed by atoms with E-state index in [1.54, 1.807) is 26.8 Å². The Hall–Kier alpha value is -0.640. The Morgan fingerprint density at radius 2 is 1.81 bits per heavy atom. The topological polar surface area (TPSA) is 61.8 Å². The lowest BCUT2D eigenvalue weighted by molar-refractivity contribution is -0.142. The van der Waals surface area contributed by atoms with Crippen molar-refractivity contribution in [1.29, 1.82) is 0 Å². The van der Waals surface area contributed by atoms with Crippen LogP contribution in [-0.2, 0) is 23.1 Å². The van der Waals surface area contributed by atoms with Crippen molar-refractivity contribution in [2.24, 2.45) is 0 Å². The maximum atomic E-state index is 12.3. The molecule has 0 aliphatic heterocycles. The molecule has 0 bridgehead atoms. The van der Waals surface area contributed by atoms with Gasteiger partial charge < -0.3 is 13.8 Å². The summed E-state index contributed by atoms with van der Waals surface area (Å²) in [6.07, 6.45) is 3.13. The number of ether oxygens (including phenoxy) is 1. The molecule has 0 saturated carbocycles. The molecule has 0 heterocycles. The van der Waals surface area contributed by atoms with Crippen LogP contribution in [0.5, 0.6) is 0 Å². The highest BCUT2D eigenvalue weighted by molar-refractivity contribution is 7.54. The maximum absolute atomic E-state index is 12.3. The minimum atomic E-state index is -3.43. The first-order valence-electron chi connectivity index (χ1n) is 5.19. The Kier molecular flexibility index (Phi) is 7.30. The zero-order chi connectivity index (χ0) is 12.6. The van der Waals surface area contributed by atoms with Gasteiger partial charge >= 0.3 is 13.6 Å². The third-order valence-electron chi connectivity index (χ3n) is 1.57. The average Bonchev–Trinajstić information content (AvgIpc) is 2.17. The van der Waals surface area contributed by atoms with E-state index in [2.05, 4.69) is 0 Å². The van der Waals surface area contributed by atoms with Gasteiger partial charge in [0.25, 0.3) is 0 Å². The summed E-state index contributed by atoms with van der Waals surface area (Å²) in [5.41, 5.74) is 0. The highest BCUT2D eigenvalue weighted by Crippen LogP contribution is 2.54. The second kappa shape index (κ2) is 7.60. The van der Waals surface area contributed by atoms with Crippen molar-refractivity contribution in [1.82, 2.24) is 0 Å². The fourth-order valence-electron chi connectivity index (χ4n) is 1.09. The molecule has 0 rings (SSSR count). The van der Waals surface area contributed by atoms with E-state index in [9.17, 15) is 9.36 Å². The molecule has 94 valence electrons. The Bertz CT molecular complexity index is 277. The van der Waals surface area contributed by atoms with E-state index in [1.807, 2.05) is 0 Å². The molecule has 16 heavy (non-hydrogen) atoms.